The van der Waals surface area contributed by atoms with Crippen LogP contribution in [0.2, 0.25) is 5.02 Å². The van der Waals surface area contributed by atoms with Crippen LogP contribution in [-0.2, 0) is 4.79 Å². The fraction of sp³-hybridized carbons (Fsp3) is 0. The van der Waals surface area contributed by atoms with Crippen LogP contribution in [0.5, 0.6) is 0 Å². The van der Waals surface area contributed by atoms with Gasteiger partial charge in [0.05, 0.1) is 4.92 Å². The van der Waals surface area contributed by atoms with Crippen LogP contribution in [0.3, 0.4) is 0 Å². The first-order valence-corrected chi connectivity index (χ1v) is 3.87. The minimum atomic E-state index is -0.512. The van der Waals surface area contributed by atoms with Crippen molar-refractivity contribution in [3.8, 4) is 0 Å². The molecule has 0 amide bonds. The third-order valence-corrected chi connectivity index (χ3v) is 1.37. The number of halogens is 2. The molecule has 0 radical (unpaired) electrons. The van der Waals surface area contributed by atoms with E-state index in [1.165, 1.54) is 12.1 Å². The van der Waals surface area contributed by atoms with E-state index in [9.17, 15) is 10.1 Å². The maximum Gasteiger partial charge on any atom is 0.287 e. The van der Waals surface area contributed by atoms with E-state index < -0.39 is 4.92 Å². The maximum absolute atomic E-state index is 10.1. The Morgan fingerprint density at radius 2 is 1.85 bits per heavy atom. The molecule has 0 bridgehead atoms. The van der Waals surface area contributed by atoms with Crippen molar-refractivity contribution in [1.82, 2.24) is 0 Å². The summed E-state index contributed by atoms with van der Waals surface area (Å²) in [7, 11) is 0. The molecule has 4 nitrogen and oxygen atoms in total. The summed E-state index contributed by atoms with van der Waals surface area (Å²) in [6.07, 6.45) is 0. The third-order valence-electron chi connectivity index (χ3n) is 1.05. The van der Waals surface area contributed by atoms with Crippen LogP contribution in [0.25, 0.3) is 0 Å². The van der Waals surface area contributed by atoms with Gasteiger partial charge in [0.15, 0.2) is 0 Å². The average Bonchev–Trinajstić information content (AvgIpc) is 2.06. The molecule has 0 aliphatic carbocycles. The van der Waals surface area contributed by atoms with Crippen LogP contribution in [0.15, 0.2) is 24.3 Å². The lowest BCUT2D eigenvalue weighted by molar-refractivity contribution is -0.384. The molecule has 70 valence electrons. The normalized spacial score (nSPS) is 8.15. The van der Waals surface area contributed by atoms with Gasteiger partial charge in [0, 0.05) is 6.07 Å². The molecule has 0 fully saturated rings. The molecule has 0 spiro atoms. The Hall–Kier alpha value is -1.13. The van der Waals surface area contributed by atoms with Crippen molar-refractivity contribution in [3.05, 3.63) is 39.4 Å². The number of para-hydroxylation sites is 1. The van der Waals surface area contributed by atoms with Gasteiger partial charge in [-0.1, -0.05) is 23.7 Å². The van der Waals surface area contributed by atoms with Crippen molar-refractivity contribution in [2.75, 3.05) is 0 Å². The molecule has 0 saturated heterocycles. The van der Waals surface area contributed by atoms with E-state index in [0.29, 0.717) is 0 Å². The van der Waals surface area contributed by atoms with E-state index in [2.05, 4.69) is 11.6 Å². The van der Waals surface area contributed by atoms with Gasteiger partial charge >= 0.3 is 0 Å². The molecule has 0 N–H and O–H groups in total. The molecule has 0 aliphatic rings. The molecule has 0 aliphatic heterocycles. The number of nitro groups is 1. The fourth-order valence-corrected chi connectivity index (χ4v) is 0.805. The second-order valence-corrected chi connectivity index (χ2v) is 2.38. The number of carbonyl (C=O) groups is 1. The van der Waals surface area contributed by atoms with Gasteiger partial charge in [0.25, 0.3) is 5.69 Å². The van der Waals surface area contributed by atoms with Crippen molar-refractivity contribution in [3.63, 3.8) is 0 Å². The highest BCUT2D eigenvalue weighted by Gasteiger charge is 2.08. The van der Waals surface area contributed by atoms with Crippen LogP contribution < -0.4 is 0 Å². The highest BCUT2D eigenvalue weighted by atomic mass is 35.5. The Balaban J connectivity index is 0.000000424. The van der Waals surface area contributed by atoms with Crippen LogP contribution in [0, 0.1) is 10.1 Å². The summed E-state index contributed by atoms with van der Waals surface area (Å²) >= 11 is 9.80. The zero-order valence-electron chi connectivity index (χ0n) is 6.31. The van der Waals surface area contributed by atoms with Crippen molar-refractivity contribution in [2.45, 2.75) is 0 Å². The Kier molecular flexibility index (Phi) is 5.84. The summed E-state index contributed by atoms with van der Waals surface area (Å²) in [5.74, 6) is 0.222. The van der Waals surface area contributed by atoms with Gasteiger partial charge in [0.2, 0.25) is 5.75 Å². The standard InChI is InChI=1S/C6H4ClNO2.CHClO/c7-5-3-1-2-4-6(5)8(9)10;2-1-3/h1-4H;1H. The molecule has 1 rings (SSSR count). The lowest BCUT2D eigenvalue weighted by Crippen LogP contribution is -1.87. The van der Waals surface area contributed by atoms with Gasteiger partial charge < -0.3 is 0 Å². The van der Waals surface area contributed by atoms with E-state index in [0.717, 1.165) is 0 Å². The van der Waals surface area contributed by atoms with Crippen molar-refractivity contribution in [1.29, 1.82) is 0 Å². The Bertz CT molecular complexity index is 304. The molecular weight excluding hydrogens is 217 g/mol. The van der Waals surface area contributed by atoms with E-state index >= 15 is 0 Å². The van der Waals surface area contributed by atoms with Gasteiger partial charge in [0.1, 0.15) is 5.02 Å². The minimum absolute atomic E-state index is 0.0517. The first kappa shape index (κ1) is 11.9. The first-order valence-electron chi connectivity index (χ1n) is 3.06. The summed E-state index contributed by atoms with van der Waals surface area (Å²) in [5.41, 5.74) is -0.0517. The number of rotatable bonds is 1. The van der Waals surface area contributed by atoms with Crippen LogP contribution >= 0.6 is 23.2 Å². The topological polar surface area (TPSA) is 60.2 Å². The molecule has 6 heteroatoms. The number of nitrogens with zero attached hydrogens (tertiary/aromatic N) is 1. The Labute approximate surface area is 84.2 Å². The number of hydrogen-bond donors (Lipinski definition) is 0. The molecule has 13 heavy (non-hydrogen) atoms. The second-order valence-electron chi connectivity index (χ2n) is 1.80. The third kappa shape index (κ3) is 4.45. The van der Waals surface area contributed by atoms with Gasteiger partial charge in [-0.2, -0.15) is 0 Å². The number of hydrogen-bond acceptors (Lipinski definition) is 3. The number of nitro benzene ring substituents is 1. The molecule has 0 heterocycles. The quantitative estimate of drug-likeness (QED) is 0.317. The van der Waals surface area contributed by atoms with Crippen molar-refractivity contribution >= 4 is 34.6 Å². The smallest absolute Gasteiger partial charge is 0.285 e. The van der Waals surface area contributed by atoms with E-state index in [4.69, 9.17) is 16.4 Å². The molecule has 0 unspecified atom stereocenters. The lowest BCUT2D eigenvalue weighted by atomic mass is 10.3. The van der Waals surface area contributed by atoms with E-state index in [1.807, 2.05) is 0 Å². The summed E-state index contributed by atoms with van der Waals surface area (Å²) < 4.78 is 0. The fourth-order valence-electron chi connectivity index (χ4n) is 0.600. The lowest BCUT2D eigenvalue weighted by Gasteiger charge is -1.90. The molecule has 0 aromatic heterocycles. The Morgan fingerprint density at radius 3 is 2.15 bits per heavy atom. The second kappa shape index (κ2) is 6.39. The molecule has 1 aromatic rings. The Morgan fingerprint density at radius 1 is 1.38 bits per heavy atom. The largest absolute Gasteiger partial charge is 0.287 e. The highest BCUT2D eigenvalue weighted by Crippen LogP contribution is 2.21. The number of carbonyl (C=O) groups excluding carboxylic acids is 1. The summed E-state index contributed by atoms with van der Waals surface area (Å²) in [4.78, 5) is 18.2. The summed E-state index contributed by atoms with van der Waals surface area (Å²) in [6.45, 7) is 0. The first-order chi connectivity index (χ1) is 6.13. The van der Waals surface area contributed by atoms with Gasteiger partial charge in [-0.05, 0) is 17.7 Å². The van der Waals surface area contributed by atoms with E-state index in [-0.39, 0.29) is 16.5 Å². The number of benzene rings is 1. The average molecular weight is 222 g/mol. The molecular formula is C7H5Cl2NO3. The van der Waals surface area contributed by atoms with Gasteiger partial charge in [-0.15, -0.1) is 0 Å². The van der Waals surface area contributed by atoms with E-state index in [1.54, 1.807) is 12.1 Å². The monoisotopic (exact) mass is 221 g/mol. The molecule has 0 saturated carbocycles. The highest BCUT2D eigenvalue weighted by molar-refractivity contribution is 6.54. The maximum atomic E-state index is 10.1. The van der Waals surface area contributed by atoms with Crippen molar-refractivity contribution in [2.24, 2.45) is 0 Å². The van der Waals surface area contributed by atoms with Gasteiger partial charge in [-0.25, -0.2) is 0 Å². The van der Waals surface area contributed by atoms with Gasteiger partial charge in [-0.3, -0.25) is 14.9 Å². The zero-order valence-corrected chi connectivity index (χ0v) is 7.83. The van der Waals surface area contributed by atoms with Crippen LogP contribution in [-0.4, -0.2) is 10.7 Å². The summed E-state index contributed by atoms with van der Waals surface area (Å²) in [6, 6.07) is 6.07. The summed E-state index contributed by atoms with van der Waals surface area (Å²) in [5, 5.41) is 10.3. The SMILES string of the molecule is O=CCl.O=[N+]([O-])c1ccccc1Cl. The zero-order chi connectivity index (χ0) is 10.3. The van der Waals surface area contributed by atoms with Crippen LogP contribution in [0.1, 0.15) is 0 Å². The predicted octanol–water partition coefficient (Wildman–Crippen LogP) is 2.66. The van der Waals surface area contributed by atoms with Crippen LogP contribution in [0.4, 0.5) is 5.69 Å². The molecule has 1 aromatic carbocycles. The molecule has 0 atom stereocenters. The van der Waals surface area contributed by atoms with Crippen molar-refractivity contribution < 1.29 is 9.72 Å². The minimum Gasteiger partial charge on any atom is -0.285 e. The predicted molar refractivity (Wildman–Crippen MR) is 50.7 cm³/mol.